The van der Waals surface area contributed by atoms with Gasteiger partial charge in [-0.3, -0.25) is 0 Å². The Bertz CT molecular complexity index is 390. The molecule has 0 aliphatic rings. The summed E-state index contributed by atoms with van der Waals surface area (Å²) in [6, 6.07) is 6.32. The summed E-state index contributed by atoms with van der Waals surface area (Å²) >= 11 is 0. The van der Waals surface area contributed by atoms with Crippen molar-refractivity contribution in [3.8, 4) is 0 Å². The first-order chi connectivity index (χ1) is 5.68. The smallest absolute Gasteiger partial charge is 0.137 e. The molecule has 0 fully saturated rings. The van der Waals surface area contributed by atoms with E-state index in [4.69, 9.17) is 4.42 Å². The fourth-order valence-corrected chi connectivity index (χ4v) is 1.52. The second kappa shape index (κ2) is 3.61. The van der Waals surface area contributed by atoms with Gasteiger partial charge in [0.15, 0.2) is 0 Å². The maximum Gasteiger partial charge on any atom is 0.137 e. The Morgan fingerprint density at radius 1 is 1.00 bits per heavy atom. The summed E-state index contributed by atoms with van der Waals surface area (Å²) in [6.07, 6.45) is 0. The van der Waals surface area contributed by atoms with Crippen LogP contribution in [0.25, 0.3) is 11.0 Å². The summed E-state index contributed by atoms with van der Waals surface area (Å²) in [6.45, 7) is 6.17. The molecule has 0 saturated carbocycles. The minimum Gasteiger partial charge on any atom is -0.461 e. The summed E-state index contributed by atoms with van der Waals surface area (Å²) in [7, 11) is 0. The maximum absolute atomic E-state index is 5.58. The molecular weight excluding hydrogens is 199 g/mol. The number of rotatable bonds is 0. The Morgan fingerprint density at radius 3 is 2.23 bits per heavy atom. The molecule has 1 heterocycles. The van der Waals surface area contributed by atoms with Crippen LogP contribution in [-0.2, 0) is 18.6 Å². The van der Waals surface area contributed by atoms with E-state index in [1.54, 1.807) is 0 Å². The molecule has 2 heteroatoms. The molecule has 2 rings (SSSR count). The quantitative estimate of drug-likeness (QED) is 0.651. The van der Waals surface area contributed by atoms with Gasteiger partial charge in [0.05, 0.1) is 0 Å². The van der Waals surface area contributed by atoms with Gasteiger partial charge in [0, 0.05) is 23.9 Å². The first-order valence-electron chi connectivity index (χ1n) is 4.15. The van der Waals surface area contributed by atoms with Crippen molar-refractivity contribution in [2.45, 2.75) is 20.8 Å². The standard InChI is InChI=1S/C11H12O.V/c1-7-4-5-8(2)11-10(7)6-9(3)12-11;/h4-6H,1-3H3;. The molecule has 0 unspecified atom stereocenters. The molecule has 0 saturated heterocycles. The van der Waals surface area contributed by atoms with Crippen molar-refractivity contribution in [2.75, 3.05) is 0 Å². The molecule has 1 aromatic carbocycles. The summed E-state index contributed by atoms with van der Waals surface area (Å²) in [5.74, 6) is 0.988. The first-order valence-corrected chi connectivity index (χ1v) is 4.15. The van der Waals surface area contributed by atoms with E-state index in [1.807, 2.05) is 6.92 Å². The van der Waals surface area contributed by atoms with Crippen molar-refractivity contribution in [3.63, 3.8) is 0 Å². The van der Waals surface area contributed by atoms with Crippen molar-refractivity contribution in [1.82, 2.24) is 0 Å². The average Bonchev–Trinajstić information content (AvgIpc) is 2.41. The van der Waals surface area contributed by atoms with E-state index in [0.29, 0.717) is 0 Å². The van der Waals surface area contributed by atoms with E-state index < -0.39 is 0 Å². The molecule has 0 atom stereocenters. The molecule has 0 N–H and O–H groups in total. The van der Waals surface area contributed by atoms with Gasteiger partial charge in [-0.15, -0.1) is 0 Å². The summed E-state index contributed by atoms with van der Waals surface area (Å²) in [5, 5.41) is 1.24. The normalized spacial score (nSPS) is 10.1. The predicted molar refractivity (Wildman–Crippen MR) is 50.4 cm³/mol. The Hall–Kier alpha value is -0.656. The van der Waals surface area contributed by atoms with Gasteiger partial charge in [0.1, 0.15) is 11.3 Å². The fraction of sp³-hybridized carbons (Fsp3) is 0.273. The third kappa shape index (κ3) is 1.67. The van der Waals surface area contributed by atoms with Crippen LogP contribution in [0.2, 0.25) is 0 Å². The minimum absolute atomic E-state index is 0. The molecule has 0 spiro atoms. The van der Waals surface area contributed by atoms with Crippen LogP contribution >= 0.6 is 0 Å². The average molecular weight is 211 g/mol. The number of aryl methyl sites for hydroxylation is 3. The Balaban J connectivity index is 0.000000845. The molecule has 0 amide bonds. The Kier molecular flexibility index (Phi) is 2.89. The van der Waals surface area contributed by atoms with Gasteiger partial charge in [-0.1, -0.05) is 12.1 Å². The van der Waals surface area contributed by atoms with Crippen molar-refractivity contribution in [3.05, 3.63) is 35.1 Å². The molecule has 1 radical (unpaired) electrons. The third-order valence-corrected chi connectivity index (χ3v) is 2.22. The van der Waals surface area contributed by atoms with Crippen molar-refractivity contribution in [1.29, 1.82) is 0 Å². The van der Waals surface area contributed by atoms with Gasteiger partial charge in [0.2, 0.25) is 0 Å². The van der Waals surface area contributed by atoms with Gasteiger partial charge in [0.25, 0.3) is 0 Å². The topological polar surface area (TPSA) is 13.1 Å². The van der Waals surface area contributed by atoms with Crippen LogP contribution in [0, 0.1) is 20.8 Å². The fourth-order valence-electron chi connectivity index (χ4n) is 1.52. The Morgan fingerprint density at radius 2 is 1.62 bits per heavy atom. The zero-order chi connectivity index (χ0) is 8.72. The molecule has 0 aliphatic carbocycles. The number of benzene rings is 1. The second-order valence-electron chi connectivity index (χ2n) is 3.30. The van der Waals surface area contributed by atoms with E-state index >= 15 is 0 Å². The zero-order valence-electron chi connectivity index (χ0n) is 8.09. The van der Waals surface area contributed by atoms with E-state index in [1.165, 1.54) is 16.5 Å². The predicted octanol–water partition coefficient (Wildman–Crippen LogP) is 3.36. The number of fused-ring (bicyclic) bond motifs is 1. The number of hydrogen-bond donors (Lipinski definition) is 0. The monoisotopic (exact) mass is 211 g/mol. The molecule has 0 aliphatic heterocycles. The van der Waals surface area contributed by atoms with Gasteiger partial charge in [-0.25, -0.2) is 0 Å². The van der Waals surface area contributed by atoms with Crippen molar-refractivity contribution >= 4 is 11.0 Å². The number of hydrogen-bond acceptors (Lipinski definition) is 1. The molecule has 2 aromatic rings. The largest absolute Gasteiger partial charge is 0.461 e. The van der Waals surface area contributed by atoms with Gasteiger partial charge in [-0.05, 0) is 38.0 Å². The van der Waals surface area contributed by atoms with Crippen molar-refractivity contribution in [2.24, 2.45) is 0 Å². The molecule has 1 aromatic heterocycles. The molecule has 1 nitrogen and oxygen atoms in total. The zero-order valence-corrected chi connectivity index (χ0v) is 9.48. The SMILES string of the molecule is Cc1cc2c(C)ccc(C)c2o1.[V]. The van der Waals surface area contributed by atoms with Crippen molar-refractivity contribution < 1.29 is 23.0 Å². The second-order valence-corrected chi connectivity index (χ2v) is 3.30. The third-order valence-electron chi connectivity index (χ3n) is 2.22. The molecule has 0 bridgehead atoms. The van der Waals surface area contributed by atoms with Gasteiger partial charge < -0.3 is 4.42 Å². The van der Waals surface area contributed by atoms with Crippen LogP contribution in [0.1, 0.15) is 16.9 Å². The maximum atomic E-state index is 5.58. The first kappa shape index (κ1) is 10.4. The van der Waals surface area contributed by atoms with E-state index in [-0.39, 0.29) is 18.6 Å². The Labute approximate surface area is 90.0 Å². The van der Waals surface area contributed by atoms with Crippen LogP contribution in [-0.4, -0.2) is 0 Å². The van der Waals surface area contributed by atoms with E-state index in [0.717, 1.165) is 11.3 Å². The summed E-state index contributed by atoms with van der Waals surface area (Å²) in [4.78, 5) is 0. The molecule has 67 valence electrons. The van der Waals surface area contributed by atoms with Crippen LogP contribution in [0.15, 0.2) is 22.6 Å². The van der Waals surface area contributed by atoms with E-state index in [2.05, 4.69) is 32.0 Å². The van der Waals surface area contributed by atoms with Crippen LogP contribution < -0.4 is 0 Å². The number of furan rings is 1. The van der Waals surface area contributed by atoms with Gasteiger partial charge >= 0.3 is 0 Å². The summed E-state index contributed by atoms with van der Waals surface area (Å²) in [5.41, 5.74) is 3.53. The summed E-state index contributed by atoms with van der Waals surface area (Å²) < 4.78 is 5.58. The van der Waals surface area contributed by atoms with Crippen LogP contribution in [0.3, 0.4) is 0 Å². The minimum atomic E-state index is 0. The van der Waals surface area contributed by atoms with Crippen LogP contribution in [0.5, 0.6) is 0 Å². The van der Waals surface area contributed by atoms with E-state index in [9.17, 15) is 0 Å². The van der Waals surface area contributed by atoms with Gasteiger partial charge in [-0.2, -0.15) is 0 Å². The van der Waals surface area contributed by atoms with Crippen LogP contribution in [0.4, 0.5) is 0 Å². The molecule has 13 heavy (non-hydrogen) atoms. The molecular formula is C11H12OV.